The second-order valence-corrected chi connectivity index (χ2v) is 6.30. The number of carbonyl (C=O) groups is 1. The number of hydrogen-bond acceptors (Lipinski definition) is 5. The second-order valence-electron chi connectivity index (χ2n) is 4.46. The van der Waals surface area contributed by atoms with E-state index >= 15 is 0 Å². The van der Waals surface area contributed by atoms with Gasteiger partial charge in [-0.05, 0) is 12.1 Å². The lowest BCUT2D eigenvalue weighted by atomic mass is 10.2. The number of benzene rings is 1. The summed E-state index contributed by atoms with van der Waals surface area (Å²) in [5.74, 6) is 0.706. The van der Waals surface area contributed by atoms with E-state index in [1.165, 1.54) is 19.1 Å². The highest BCUT2D eigenvalue weighted by Crippen LogP contribution is 2.35. The summed E-state index contributed by atoms with van der Waals surface area (Å²) in [6, 6.07) is 4.98. The Kier molecular flexibility index (Phi) is 3.87. The molecule has 1 aliphatic heterocycles. The Morgan fingerprint density at radius 1 is 1.30 bits per heavy atom. The van der Waals surface area contributed by atoms with Crippen LogP contribution in [0.1, 0.15) is 6.42 Å². The Balaban J connectivity index is 2.39. The molecule has 7 nitrogen and oxygen atoms in total. The molecule has 0 bridgehead atoms. The van der Waals surface area contributed by atoms with Crippen molar-refractivity contribution < 1.29 is 22.7 Å². The summed E-state index contributed by atoms with van der Waals surface area (Å²) < 4.78 is 33.1. The monoisotopic (exact) mass is 300 g/mol. The smallest absolute Gasteiger partial charge is 0.228 e. The highest BCUT2D eigenvalue weighted by molar-refractivity contribution is 7.89. The van der Waals surface area contributed by atoms with Gasteiger partial charge in [0.05, 0.1) is 19.9 Å². The summed E-state index contributed by atoms with van der Waals surface area (Å²) >= 11 is 0. The summed E-state index contributed by atoms with van der Waals surface area (Å²) in [5, 5.41) is 4.21. The van der Waals surface area contributed by atoms with Crippen molar-refractivity contribution in [3.8, 4) is 11.5 Å². The highest BCUT2D eigenvalue weighted by atomic mass is 32.2. The summed E-state index contributed by atoms with van der Waals surface area (Å²) in [4.78, 5) is 13.4. The fourth-order valence-corrected chi connectivity index (χ4v) is 2.87. The van der Waals surface area contributed by atoms with Crippen molar-refractivity contribution in [1.82, 2.24) is 0 Å². The van der Waals surface area contributed by atoms with E-state index in [-0.39, 0.29) is 18.9 Å². The van der Waals surface area contributed by atoms with Crippen LogP contribution < -0.4 is 19.5 Å². The summed E-state index contributed by atoms with van der Waals surface area (Å²) in [7, 11) is -0.766. The van der Waals surface area contributed by atoms with E-state index in [9.17, 15) is 13.2 Å². The Labute approximate surface area is 117 Å². The van der Waals surface area contributed by atoms with Gasteiger partial charge < -0.3 is 14.4 Å². The van der Waals surface area contributed by atoms with Crippen LogP contribution >= 0.6 is 0 Å². The van der Waals surface area contributed by atoms with E-state index in [4.69, 9.17) is 14.6 Å². The van der Waals surface area contributed by atoms with Crippen LogP contribution in [0.2, 0.25) is 0 Å². The molecule has 1 fully saturated rings. The molecule has 1 heterocycles. The largest absolute Gasteiger partial charge is 0.497 e. The number of rotatable bonds is 4. The summed E-state index contributed by atoms with van der Waals surface area (Å²) in [6.45, 7) is 0.0151. The topological polar surface area (TPSA) is 98.9 Å². The van der Waals surface area contributed by atoms with Crippen LogP contribution in [0.25, 0.3) is 0 Å². The van der Waals surface area contributed by atoms with Crippen molar-refractivity contribution in [3.05, 3.63) is 18.2 Å². The van der Waals surface area contributed by atoms with Crippen LogP contribution in [-0.4, -0.2) is 40.3 Å². The van der Waals surface area contributed by atoms with Crippen LogP contribution in [0.4, 0.5) is 5.69 Å². The third kappa shape index (κ3) is 2.70. The van der Waals surface area contributed by atoms with Gasteiger partial charge in [0, 0.05) is 19.0 Å². The molecular weight excluding hydrogens is 284 g/mol. The normalized spacial score (nSPS) is 19.2. The number of ether oxygens (including phenoxy) is 2. The highest BCUT2D eigenvalue weighted by Gasteiger charge is 2.38. The minimum Gasteiger partial charge on any atom is -0.497 e. The predicted octanol–water partition coefficient (Wildman–Crippen LogP) is 0.0976. The maximum atomic E-state index is 12.0. The van der Waals surface area contributed by atoms with Crippen LogP contribution in [0.5, 0.6) is 11.5 Å². The van der Waals surface area contributed by atoms with E-state index in [1.807, 2.05) is 0 Å². The second kappa shape index (κ2) is 5.29. The lowest BCUT2D eigenvalue weighted by Gasteiger charge is -2.20. The molecule has 0 radical (unpaired) electrons. The lowest BCUT2D eigenvalue weighted by molar-refractivity contribution is -0.117. The van der Waals surface area contributed by atoms with Crippen molar-refractivity contribution >= 4 is 21.6 Å². The lowest BCUT2D eigenvalue weighted by Crippen LogP contribution is -2.32. The predicted molar refractivity (Wildman–Crippen MR) is 73.4 cm³/mol. The number of primary sulfonamides is 1. The number of nitrogens with zero attached hydrogens (tertiary/aromatic N) is 1. The maximum Gasteiger partial charge on any atom is 0.228 e. The first-order chi connectivity index (χ1) is 9.36. The van der Waals surface area contributed by atoms with Crippen molar-refractivity contribution in [2.75, 3.05) is 25.7 Å². The molecule has 0 spiro atoms. The fourth-order valence-electron chi connectivity index (χ4n) is 2.14. The Morgan fingerprint density at radius 2 is 2.00 bits per heavy atom. The number of anilines is 1. The number of sulfonamides is 1. The number of methoxy groups -OCH3 is 2. The zero-order valence-electron chi connectivity index (χ0n) is 11.2. The molecule has 8 heteroatoms. The summed E-state index contributed by atoms with van der Waals surface area (Å²) in [6.07, 6.45) is -0.126. The fraction of sp³-hybridized carbons (Fsp3) is 0.417. The zero-order valence-corrected chi connectivity index (χ0v) is 12.0. The number of amides is 1. The van der Waals surface area contributed by atoms with Crippen molar-refractivity contribution in [2.45, 2.75) is 11.7 Å². The average molecular weight is 300 g/mol. The number of carbonyl (C=O) groups excluding carboxylic acids is 1. The molecule has 1 aromatic carbocycles. The third-order valence-corrected chi connectivity index (χ3v) is 4.48. The average Bonchev–Trinajstić information content (AvgIpc) is 2.80. The molecule has 0 saturated carbocycles. The van der Waals surface area contributed by atoms with Crippen molar-refractivity contribution in [1.29, 1.82) is 0 Å². The first-order valence-corrected chi connectivity index (χ1v) is 7.51. The molecular formula is C12H16N2O5S. The first-order valence-electron chi connectivity index (χ1n) is 5.91. The van der Waals surface area contributed by atoms with Gasteiger partial charge in [-0.3, -0.25) is 4.79 Å². The van der Waals surface area contributed by atoms with Gasteiger partial charge in [-0.25, -0.2) is 13.6 Å². The van der Waals surface area contributed by atoms with Crippen molar-refractivity contribution in [2.24, 2.45) is 5.14 Å². The molecule has 1 aromatic rings. The van der Waals surface area contributed by atoms with Gasteiger partial charge in [0.2, 0.25) is 15.9 Å². The minimum absolute atomic E-state index is 0.0151. The molecule has 1 unspecified atom stereocenters. The molecule has 1 amide bonds. The molecule has 2 N–H and O–H groups in total. The Hall–Kier alpha value is -1.80. The van der Waals surface area contributed by atoms with E-state index < -0.39 is 15.3 Å². The van der Waals surface area contributed by atoms with E-state index in [1.54, 1.807) is 18.2 Å². The first kappa shape index (κ1) is 14.6. The van der Waals surface area contributed by atoms with Gasteiger partial charge in [-0.2, -0.15) is 0 Å². The Bertz CT molecular complexity index is 629. The SMILES string of the molecule is COc1ccc(OC)c(N2CC(S(N)(=O)=O)CC2=O)c1. The number of hydrogen-bond donors (Lipinski definition) is 1. The van der Waals surface area contributed by atoms with Gasteiger partial charge in [0.25, 0.3) is 0 Å². The molecule has 0 aliphatic carbocycles. The van der Waals surface area contributed by atoms with Crippen LogP contribution in [0, 0.1) is 0 Å². The molecule has 20 heavy (non-hydrogen) atoms. The van der Waals surface area contributed by atoms with Gasteiger partial charge in [0.1, 0.15) is 16.7 Å². The number of nitrogens with two attached hydrogens (primary N) is 1. The summed E-state index contributed by atoms with van der Waals surface area (Å²) in [5.41, 5.74) is 0.475. The molecule has 0 aromatic heterocycles. The molecule has 2 rings (SSSR count). The van der Waals surface area contributed by atoms with E-state index in [0.29, 0.717) is 17.2 Å². The van der Waals surface area contributed by atoms with Gasteiger partial charge in [-0.1, -0.05) is 0 Å². The van der Waals surface area contributed by atoms with Crippen LogP contribution in [0.15, 0.2) is 18.2 Å². The molecule has 1 aliphatic rings. The van der Waals surface area contributed by atoms with Gasteiger partial charge >= 0.3 is 0 Å². The third-order valence-electron chi connectivity index (χ3n) is 3.23. The Morgan fingerprint density at radius 3 is 2.50 bits per heavy atom. The van der Waals surface area contributed by atoms with Crippen LogP contribution in [-0.2, 0) is 14.8 Å². The van der Waals surface area contributed by atoms with E-state index in [2.05, 4.69) is 0 Å². The molecule has 1 saturated heterocycles. The van der Waals surface area contributed by atoms with Gasteiger partial charge in [-0.15, -0.1) is 0 Å². The van der Waals surface area contributed by atoms with E-state index in [0.717, 1.165) is 0 Å². The van der Waals surface area contributed by atoms with Gasteiger partial charge in [0.15, 0.2) is 0 Å². The quantitative estimate of drug-likeness (QED) is 0.850. The molecule has 1 atom stereocenters. The standard InChI is InChI=1S/C12H16N2O5S/c1-18-8-3-4-11(19-2)10(5-8)14-7-9(6-12(14)15)20(13,16)17/h3-5,9H,6-7H2,1-2H3,(H2,13,16,17). The van der Waals surface area contributed by atoms with Crippen LogP contribution in [0.3, 0.4) is 0 Å². The minimum atomic E-state index is -3.75. The molecule has 110 valence electrons. The zero-order chi connectivity index (χ0) is 14.9. The maximum absolute atomic E-state index is 12.0. The van der Waals surface area contributed by atoms with Crippen molar-refractivity contribution in [3.63, 3.8) is 0 Å².